The van der Waals surface area contributed by atoms with Crippen molar-refractivity contribution in [3.8, 4) is 0 Å². The Bertz CT molecular complexity index is 4610. The molecule has 2 aliphatic rings. The zero-order chi connectivity index (χ0) is 103. The highest BCUT2D eigenvalue weighted by atomic mass is 32.1. The number of nitrogens with one attached hydrogen (secondary N) is 15. The zero-order valence-corrected chi connectivity index (χ0v) is 78.9. The van der Waals surface area contributed by atoms with Crippen LogP contribution in [0.2, 0.25) is 0 Å². The van der Waals surface area contributed by atoms with E-state index in [-0.39, 0.29) is 62.3 Å². The Hall–Kier alpha value is -13.9. The number of carboxylic acid groups (broad SMARTS) is 2. The van der Waals surface area contributed by atoms with Crippen molar-refractivity contribution in [1.29, 1.82) is 0 Å². The van der Waals surface area contributed by atoms with Crippen molar-refractivity contribution in [2.24, 2.45) is 11.7 Å². The van der Waals surface area contributed by atoms with Crippen LogP contribution in [0, 0.1) is 5.92 Å². The number of allylic oxidation sites excluding steroid dienone is 1. The number of rotatable bonds is 44. The van der Waals surface area contributed by atoms with Crippen LogP contribution in [0.5, 0.6) is 0 Å². The molecule has 14 atom stereocenters. The Balaban J connectivity index is 0.0000103. The number of carbonyl (C=O) groups excluding carboxylic acids is 23. The van der Waals surface area contributed by atoms with Gasteiger partial charge in [0.2, 0.25) is 100 Å². The third kappa shape index (κ3) is 45.3. The molecular formula is C88H129N19O29S. The van der Waals surface area contributed by atoms with Crippen LogP contribution in [0.1, 0.15) is 191 Å². The van der Waals surface area contributed by atoms with Crippen LogP contribution in [0.15, 0.2) is 54.6 Å². The number of nitrogens with zero attached hydrogens (tertiary/aromatic N) is 2. The quantitative estimate of drug-likeness (QED) is 0.00973. The molecule has 756 valence electrons. The van der Waals surface area contributed by atoms with Gasteiger partial charge in [0.25, 0.3) is 0 Å². The number of carbonyl (C=O) groups is 21. The van der Waals surface area contributed by atoms with Crippen LogP contribution in [0.25, 0.3) is 5.57 Å². The molecule has 0 radical (unpaired) electrons. The maximum atomic E-state index is 15.1. The van der Waals surface area contributed by atoms with Gasteiger partial charge in [-0.1, -0.05) is 101 Å². The van der Waals surface area contributed by atoms with Crippen LogP contribution in [-0.2, 0) is 126 Å². The molecule has 137 heavy (non-hydrogen) atoms. The Morgan fingerprint density at radius 2 is 1.09 bits per heavy atom. The Kier molecular flexibility index (Phi) is 55.8. The standard InChI is InChI=1S/C86H129N19O25S.2CO2/c1-10-11-12-13-14-15-17-30-66(109)97-58(39-53-33-32-52-25-19-20-26-54(52)53)79(122)99-59(41-65(88)108)80(123)100-60(42-72(116)117)81(124)103-74-51(6)130-86(129)61(40-64(107)55-27-21-22-28-56(55)87)101-85(128)73(47(2)38-71(114)115)102-82(125)62(46-106)98-69(112)44-91-75(118)48(3)93-76(119)49(4)94-77(120)50(5)95-78(121)57(96-68(111)45-92-84(74)127)29-24-34-89-67(110)43-63(83(126)90-35-36-104(7)8)105(9)70(113)31-18-16-23-37-131;2*2-1-3/h19-22,25-28,33,47-51,57-63,73-74,106,131H,10-18,23-24,29-32,34-46,87H2,1-9H3,(H2,88,108)(H,89,110)(H,90,126)(H,91,118)(H,92,127)(H,93,119)(H,94,120)(H,95,121)(H,96,111)(H,97,109)(H,98,112)(H,99,122)(H,100,123)(H,101,128)(H,102,125)(H,103,124)(H,114,115)(H,116,117);;/t47?,48-,49+,50-,51+,57-,58-,59+,60-,61-,62+,63-,73-,74-;;/m0../s1. The molecule has 0 bridgehead atoms. The summed E-state index contributed by atoms with van der Waals surface area (Å²) in [6, 6.07) is -9.78. The molecule has 1 fully saturated rings. The largest absolute Gasteiger partial charge is 0.481 e. The molecule has 49 heteroatoms. The molecule has 1 aliphatic heterocycles. The Morgan fingerprint density at radius 1 is 0.555 bits per heavy atom. The van der Waals surface area contributed by atoms with E-state index in [2.05, 4.69) is 99.3 Å². The number of ether oxygens (including phenoxy) is 1. The molecule has 17 amide bonds. The molecule has 0 aromatic heterocycles. The SMILES string of the molecule is CCCCCCCCCC(=O)N[C@@H](CC1=CCc2ccccc21)C(=O)N[C@H](CC(N)=O)C(=O)N[C@@H](CC(=O)O)C(=O)N[C@@H]1C(=O)NCC(=O)N[C@@H](CCCNC(=O)C[C@@H](C(=O)NCCN(C)C)N(C)C(=O)CCCCCS)C(=O)N[C@@H](C)C(=O)N[C@H](C)C(=O)N[C@@H](C)C(=O)NCC(=O)N[C@H](CO)C(=O)N[C@@H](C(C)CC(=O)O)C(=O)N[C@@H](CC(=O)c2ccccc2N)C(=O)O[C@@H]1C.O=C=O.O=C=O. The third-order valence-corrected chi connectivity index (χ3v) is 21.7. The maximum Gasteiger partial charge on any atom is 0.373 e. The molecule has 48 nitrogen and oxygen atoms in total. The number of hydrogen-bond donors (Lipinski definition) is 21. The van der Waals surface area contributed by atoms with E-state index in [9.17, 15) is 106 Å². The lowest BCUT2D eigenvalue weighted by atomic mass is 9.96. The highest BCUT2D eigenvalue weighted by molar-refractivity contribution is 7.80. The van der Waals surface area contributed by atoms with Gasteiger partial charge in [-0.15, -0.1) is 0 Å². The normalized spacial score (nSPS) is 19.8. The number of ketones is 1. The molecule has 0 spiro atoms. The van der Waals surface area contributed by atoms with Crippen molar-refractivity contribution in [3.05, 3.63) is 71.3 Å². The predicted octanol–water partition coefficient (Wildman–Crippen LogP) is -4.85. The zero-order valence-electron chi connectivity index (χ0n) is 78.0. The second kappa shape index (κ2) is 64.1. The highest BCUT2D eigenvalue weighted by Gasteiger charge is 2.42. The van der Waals surface area contributed by atoms with Gasteiger partial charge in [-0.25, -0.2) is 4.79 Å². The summed E-state index contributed by atoms with van der Waals surface area (Å²) in [5, 5.41) is 65.9. The fourth-order valence-electron chi connectivity index (χ4n) is 13.8. The number of hydrogen-bond acceptors (Lipinski definition) is 30. The van der Waals surface area contributed by atoms with Crippen molar-refractivity contribution in [1.82, 2.24) is 89.6 Å². The van der Waals surface area contributed by atoms with Crippen LogP contribution < -0.4 is 91.2 Å². The smallest absolute Gasteiger partial charge is 0.373 e. The number of amides is 17. The molecule has 1 saturated heterocycles. The number of Topliss-reactive ketones (excluding diaryl/α,β-unsaturated/α-hetero) is 1. The number of primary amides is 1. The monoisotopic (exact) mass is 1950 g/mol. The Labute approximate surface area is 796 Å². The van der Waals surface area contributed by atoms with Gasteiger partial charge >= 0.3 is 30.2 Å². The highest BCUT2D eigenvalue weighted by Crippen LogP contribution is 2.31. The summed E-state index contributed by atoms with van der Waals surface area (Å²) in [6.45, 7) is 4.48. The molecule has 22 N–H and O–H groups in total. The van der Waals surface area contributed by atoms with Crippen molar-refractivity contribution >= 4 is 160 Å². The van der Waals surface area contributed by atoms with Gasteiger partial charge in [0, 0.05) is 63.6 Å². The molecule has 1 heterocycles. The fraction of sp³-hybridized carbons (Fsp3) is 0.580. The van der Waals surface area contributed by atoms with Crippen molar-refractivity contribution < 1.29 is 140 Å². The number of aliphatic hydroxyl groups is 1. The van der Waals surface area contributed by atoms with E-state index in [0.29, 0.717) is 50.0 Å². The second-order valence-electron chi connectivity index (χ2n) is 32.7. The maximum absolute atomic E-state index is 15.1. The number of nitrogen functional groups attached to an aromatic ring is 1. The summed E-state index contributed by atoms with van der Waals surface area (Å²) in [5.74, 6) is -25.8. The number of cyclic esters (lactones) is 1. The van der Waals surface area contributed by atoms with Gasteiger partial charge in [0.05, 0.1) is 45.4 Å². The van der Waals surface area contributed by atoms with Gasteiger partial charge in [0.15, 0.2) is 5.78 Å². The lowest BCUT2D eigenvalue weighted by Crippen LogP contribution is -2.61. The number of benzene rings is 2. The molecule has 2 aromatic carbocycles. The number of para-hydroxylation sites is 1. The first-order valence-corrected chi connectivity index (χ1v) is 45.0. The van der Waals surface area contributed by atoms with Crippen LogP contribution in [-0.4, -0.2) is 306 Å². The average molecular weight is 1950 g/mol. The number of thiol groups is 1. The summed E-state index contributed by atoms with van der Waals surface area (Å²) in [5.41, 5.74) is 13.6. The lowest BCUT2D eigenvalue weighted by Gasteiger charge is -2.30. The number of aliphatic carboxylic acids is 2. The number of nitrogens with two attached hydrogens (primary N) is 2. The van der Waals surface area contributed by atoms with E-state index in [4.69, 9.17) is 35.4 Å². The third-order valence-electron chi connectivity index (χ3n) is 21.3. The van der Waals surface area contributed by atoms with Crippen molar-refractivity contribution in [2.75, 3.05) is 72.0 Å². The van der Waals surface area contributed by atoms with E-state index < -0.39 is 267 Å². The van der Waals surface area contributed by atoms with Gasteiger partial charge in [0.1, 0.15) is 78.6 Å². The van der Waals surface area contributed by atoms with E-state index in [1.54, 1.807) is 31.1 Å². The first kappa shape index (κ1) is 119. The first-order chi connectivity index (χ1) is 64.8. The van der Waals surface area contributed by atoms with E-state index in [1.807, 2.05) is 18.2 Å². The summed E-state index contributed by atoms with van der Waals surface area (Å²) in [6.07, 6.45) is 2.72. The molecule has 1 aliphatic carbocycles. The molecule has 1 unspecified atom stereocenters. The van der Waals surface area contributed by atoms with E-state index in [0.717, 1.165) is 75.3 Å². The van der Waals surface area contributed by atoms with Crippen molar-refractivity contribution in [3.63, 3.8) is 0 Å². The molecule has 4 rings (SSSR count). The predicted molar refractivity (Wildman–Crippen MR) is 487 cm³/mol. The van der Waals surface area contributed by atoms with Crippen LogP contribution in [0.4, 0.5) is 5.69 Å². The summed E-state index contributed by atoms with van der Waals surface area (Å²) >= 11 is 4.22. The first-order valence-electron chi connectivity index (χ1n) is 44.4. The number of anilines is 1. The summed E-state index contributed by atoms with van der Waals surface area (Å²) in [4.78, 5) is 328. The van der Waals surface area contributed by atoms with Gasteiger partial charge in [-0.3, -0.25) is 95.9 Å². The number of aliphatic hydroxyl groups excluding tert-OH is 1. The minimum atomic E-state index is -2.45. The number of likely N-dealkylation sites (N-methyl/N-ethyl adjacent to an activating group) is 2. The number of esters is 1. The number of fused-ring (bicyclic) bond motifs is 1. The van der Waals surface area contributed by atoms with Gasteiger partial charge in [-0.2, -0.15) is 31.8 Å². The Morgan fingerprint density at radius 3 is 1.67 bits per heavy atom. The molecule has 0 saturated carbocycles. The minimum Gasteiger partial charge on any atom is -0.481 e. The molecule has 2 aromatic rings. The molecular weight excluding hydrogens is 1820 g/mol. The van der Waals surface area contributed by atoms with Gasteiger partial charge in [-0.05, 0) is 121 Å². The average Bonchev–Trinajstić information content (AvgIpc) is 1.72. The minimum absolute atomic E-state index is 0.00322. The van der Waals surface area contributed by atoms with E-state index in [1.165, 1.54) is 45.2 Å². The fourth-order valence-corrected chi connectivity index (χ4v) is 14.0. The topological polar surface area (TPSA) is 736 Å². The van der Waals surface area contributed by atoms with E-state index >= 15 is 9.59 Å². The van der Waals surface area contributed by atoms with Crippen LogP contribution >= 0.6 is 12.6 Å². The second-order valence-corrected chi connectivity index (χ2v) is 33.2. The number of carboxylic acids is 2. The van der Waals surface area contributed by atoms with Crippen LogP contribution in [0.3, 0.4) is 0 Å². The number of unbranched alkanes of at least 4 members (excludes halogenated alkanes) is 8. The van der Waals surface area contributed by atoms with Gasteiger partial charge < -0.3 is 121 Å². The summed E-state index contributed by atoms with van der Waals surface area (Å²) < 4.78 is 5.78. The lowest BCUT2D eigenvalue weighted by molar-refractivity contribution is -0.193. The van der Waals surface area contributed by atoms with Crippen molar-refractivity contribution in [2.45, 2.75) is 255 Å². The summed E-state index contributed by atoms with van der Waals surface area (Å²) in [7, 11) is 4.91.